The molecule has 0 aromatic carbocycles. The Hall–Kier alpha value is -0.870. The van der Waals surface area contributed by atoms with E-state index >= 15 is 0 Å². The fraction of sp³-hybridized carbons (Fsp3) is 0.769. The van der Waals surface area contributed by atoms with Crippen molar-refractivity contribution in [3.8, 4) is 0 Å². The second-order valence-electron chi connectivity index (χ2n) is 5.38. The van der Waals surface area contributed by atoms with Gasteiger partial charge in [0.05, 0.1) is 12.7 Å². The van der Waals surface area contributed by atoms with E-state index in [-0.39, 0.29) is 0 Å². The van der Waals surface area contributed by atoms with Gasteiger partial charge in [-0.15, -0.1) is 0 Å². The Morgan fingerprint density at radius 3 is 2.76 bits per heavy atom. The molecule has 1 aliphatic heterocycles. The van der Waals surface area contributed by atoms with Crippen LogP contribution in [0.2, 0.25) is 0 Å². The van der Waals surface area contributed by atoms with Crippen LogP contribution in [0.3, 0.4) is 0 Å². The standard InChI is InChI=1S/C13H21N3O/c1-2-12(1)14-9-11-4-7-16(8-5-11)10-13-3-6-15-17-13/h3,6,11-12,14H,1-2,4-5,7-10H2. The lowest BCUT2D eigenvalue weighted by atomic mass is 9.96. The highest BCUT2D eigenvalue weighted by Gasteiger charge is 2.24. The summed E-state index contributed by atoms with van der Waals surface area (Å²) in [4.78, 5) is 2.47. The molecule has 2 heterocycles. The summed E-state index contributed by atoms with van der Waals surface area (Å²) in [5, 5.41) is 7.39. The zero-order chi connectivity index (χ0) is 11.5. The maximum absolute atomic E-state index is 5.15. The predicted molar refractivity (Wildman–Crippen MR) is 65.5 cm³/mol. The minimum atomic E-state index is 0.849. The maximum atomic E-state index is 5.15. The van der Waals surface area contributed by atoms with Gasteiger partial charge in [0.25, 0.3) is 0 Å². The van der Waals surface area contributed by atoms with Gasteiger partial charge in [-0.25, -0.2) is 0 Å². The maximum Gasteiger partial charge on any atom is 0.150 e. The Balaban J connectivity index is 1.37. The van der Waals surface area contributed by atoms with E-state index in [2.05, 4.69) is 15.4 Å². The first-order valence-electron chi connectivity index (χ1n) is 6.75. The summed E-state index contributed by atoms with van der Waals surface area (Å²) in [5.41, 5.74) is 0. The van der Waals surface area contributed by atoms with Crippen molar-refractivity contribution in [3.05, 3.63) is 18.0 Å². The molecule has 0 spiro atoms. The fourth-order valence-corrected chi connectivity index (χ4v) is 2.51. The van der Waals surface area contributed by atoms with Crippen LogP contribution in [0.5, 0.6) is 0 Å². The summed E-state index contributed by atoms with van der Waals surface area (Å²) < 4.78 is 5.15. The zero-order valence-electron chi connectivity index (χ0n) is 10.3. The average molecular weight is 235 g/mol. The molecular formula is C13H21N3O. The van der Waals surface area contributed by atoms with Crippen molar-refractivity contribution in [2.75, 3.05) is 19.6 Å². The van der Waals surface area contributed by atoms with E-state index in [1.807, 2.05) is 6.07 Å². The first kappa shape index (κ1) is 11.2. The van der Waals surface area contributed by atoms with Gasteiger partial charge in [0.1, 0.15) is 0 Å². The van der Waals surface area contributed by atoms with E-state index in [0.717, 1.165) is 24.3 Å². The van der Waals surface area contributed by atoms with Crippen LogP contribution in [0.1, 0.15) is 31.4 Å². The minimum absolute atomic E-state index is 0.849. The molecular weight excluding hydrogens is 214 g/mol. The summed E-state index contributed by atoms with van der Waals surface area (Å²) >= 11 is 0. The molecule has 0 atom stereocenters. The van der Waals surface area contributed by atoms with E-state index in [9.17, 15) is 0 Å². The lowest BCUT2D eigenvalue weighted by Gasteiger charge is -2.31. The van der Waals surface area contributed by atoms with Crippen molar-refractivity contribution in [1.29, 1.82) is 0 Å². The Kier molecular flexibility index (Phi) is 3.43. The van der Waals surface area contributed by atoms with E-state index in [1.54, 1.807) is 6.20 Å². The van der Waals surface area contributed by atoms with Crippen LogP contribution in [0.15, 0.2) is 16.8 Å². The van der Waals surface area contributed by atoms with Gasteiger partial charge in [-0.2, -0.15) is 0 Å². The Labute approximate surface area is 102 Å². The first-order valence-corrected chi connectivity index (χ1v) is 6.75. The molecule has 1 N–H and O–H groups in total. The number of hydrogen-bond acceptors (Lipinski definition) is 4. The quantitative estimate of drug-likeness (QED) is 0.842. The monoisotopic (exact) mass is 235 g/mol. The summed E-state index contributed by atoms with van der Waals surface area (Å²) in [5.74, 6) is 1.86. The molecule has 17 heavy (non-hydrogen) atoms. The van der Waals surface area contributed by atoms with Crippen molar-refractivity contribution in [2.24, 2.45) is 5.92 Å². The topological polar surface area (TPSA) is 41.3 Å². The third-order valence-electron chi connectivity index (χ3n) is 3.85. The van der Waals surface area contributed by atoms with Crippen LogP contribution in [0.25, 0.3) is 0 Å². The number of likely N-dealkylation sites (tertiary alicyclic amines) is 1. The molecule has 2 aliphatic rings. The normalized spacial score (nSPS) is 23.1. The number of aromatic nitrogens is 1. The zero-order valence-corrected chi connectivity index (χ0v) is 10.3. The first-order chi connectivity index (χ1) is 8.40. The van der Waals surface area contributed by atoms with E-state index in [4.69, 9.17) is 4.52 Å². The van der Waals surface area contributed by atoms with Crippen molar-refractivity contribution in [2.45, 2.75) is 38.3 Å². The largest absolute Gasteiger partial charge is 0.360 e. The summed E-state index contributed by atoms with van der Waals surface area (Å²) in [7, 11) is 0. The van der Waals surface area contributed by atoms with Gasteiger partial charge in [-0.1, -0.05) is 5.16 Å². The molecule has 0 amide bonds. The molecule has 1 saturated heterocycles. The van der Waals surface area contributed by atoms with Gasteiger partial charge in [0.15, 0.2) is 5.76 Å². The molecule has 1 aromatic heterocycles. The average Bonchev–Trinajstić information content (AvgIpc) is 3.05. The molecule has 4 nitrogen and oxygen atoms in total. The molecule has 0 unspecified atom stereocenters. The third kappa shape index (κ3) is 3.30. The molecule has 4 heteroatoms. The summed E-state index contributed by atoms with van der Waals surface area (Å²) in [6.45, 7) is 4.53. The van der Waals surface area contributed by atoms with Crippen LogP contribution in [-0.4, -0.2) is 35.7 Å². The SMILES string of the molecule is c1cc(CN2CCC(CNC3CC3)CC2)on1. The third-order valence-corrected chi connectivity index (χ3v) is 3.85. The van der Waals surface area contributed by atoms with Crippen LogP contribution < -0.4 is 5.32 Å². The smallest absolute Gasteiger partial charge is 0.150 e. The number of hydrogen-bond donors (Lipinski definition) is 1. The van der Waals surface area contributed by atoms with Crippen LogP contribution in [0, 0.1) is 5.92 Å². The number of rotatable bonds is 5. The predicted octanol–water partition coefficient (Wildman–Crippen LogP) is 1.64. The second kappa shape index (κ2) is 5.19. The van der Waals surface area contributed by atoms with E-state index in [1.165, 1.54) is 45.3 Å². The van der Waals surface area contributed by atoms with Crippen molar-refractivity contribution in [3.63, 3.8) is 0 Å². The molecule has 1 saturated carbocycles. The fourth-order valence-electron chi connectivity index (χ4n) is 2.51. The molecule has 1 aliphatic carbocycles. The van der Waals surface area contributed by atoms with Gasteiger partial charge < -0.3 is 9.84 Å². The van der Waals surface area contributed by atoms with Gasteiger partial charge in [-0.05, 0) is 51.2 Å². The molecule has 1 aromatic rings. The second-order valence-corrected chi connectivity index (χ2v) is 5.38. The molecule has 0 radical (unpaired) electrons. The van der Waals surface area contributed by atoms with E-state index in [0.29, 0.717) is 0 Å². The van der Waals surface area contributed by atoms with Crippen molar-refractivity contribution in [1.82, 2.24) is 15.4 Å². The van der Waals surface area contributed by atoms with Crippen molar-refractivity contribution >= 4 is 0 Å². The van der Waals surface area contributed by atoms with E-state index < -0.39 is 0 Å². The lowest BCUT2D eigenvalue weighted by molar-refractivity contribution is 0.160. The van der Waals surface area contributed by atoms with Gasteiger partial charge in [0, 0.05) is 12.1 Å². The molecule has 2 fully saturated rings. The highest BCUT2D eigenvalue weighted by molar-refractivity contribution is 4.93. The van der Waals surface area contributed by atoms with Crippen molar-refractivity contribution < 1.29 is 4.52 Å². The molecule has 94 valence electrons. The highest BCUT2D eigenvalue weighted by Crippen LogP contribution is 2.22. The summed E-state index contributed by atoms with van der Waals surface area (Å²) in [6.07, 6.45) is 7.14. The number of piperidine rings is 1. The van der Waals surface area contributed by atoms with Gasteiger partial charge in [-0.3, -0.25) is 4.90 Å². The van der Waals surface area contributed by atoms with Crippen LogP contribution in [-0.2, 0) is 6.54 Å². The Morgan fingerprint density at radius 2 is 2.12 bits per heavy atom. The van der Waals surface area contributed by atoms with Gasteiger partial charge >= 0.3 is 0 Å². The molecule has 3 rings (SSSR count). The Morgan fingerprint density at radius 1 is 1.29 bits per heavy atom. The number of nitrogens with zero attached hydrogens (tertiary/aromatic N) is 2. The highest BCUT2D eigenvalue weighted by atomic mass is 16.5. The van der Waals surface area contributed by atoms with Crippen LogP contribution >= 0.6 is 0 Å². The summed E-state index contributed by atoms with van der Waals surface area (Å²) in [6, 6.07) is 2.81. The number of nitrogens with one attached hydrogen (secondary N) is 1. The van der Waals surface area contributed by atoms with Gasteiger partial charge in [0.2, 0.25) is 0 Å². The Bertz CT molecular complexity index is 326. The minimum Gasteiger partial charge on any atom is -0.360 e. The lowest BCUT2D eigenvalue weighted by Crippen LogP contribution is -2.37. The van der Waals surface area contributed by atoms with Crippen LogP contribution in [0.4, 0.5) is 0 Å². The molecule has 0 bridgehead atoms.